The maximum absolute atomic E-state index is 12.5. The number of aryl methyl sites for hydroxylation is 1. The van der Waals surface area contributed by atoms with E-state index in [9.17, 15) is 13.2 Å². The molecule has 6 nitrogen and oxygen atoms in total. The highest BCUT2D eigenvalue weighted by Crippen LogP contribution is 2.24. The van der Waals surface area contributed by atoms with Crippen LogP contribution in [0.15, 0.2) is 23.1 Å². The Kier molecular flexibility index (Phi) is 6.80. The Bertz CT molecular complexity index is 674. The van der Waals surface area contributed by atoms with E-state index in [0.29, 0.717) is 24.4 Å². The van der Waals surface area contributed by atoms with Gasteiger partial charge in [0.1, 0.15) is 5.75 Å². The second kappa shape index (κ2) is 7.98. The lowest BCUT2D eigenvalue weighted by Crippen LogP contribution is -2.43. The molecule has 0 saturated carbocycles. The first-order valence-corrected chi connectivity index (χ1v) is 9.50. The molecule has 0 unspecified atom stereocenters. The largest absolute Gasteiger partial charge is 0.484 e. The molecule has 1 aromatic carbocycles. The van der Waals surface area contributed by atoms with E-state index in [1.807, 2.05) is 20.8 Å². The summed E-state index contributed by atoms with van der Waals surface area (Å²) in [6, 6.07) is 4.68. The molecule has 0 aliphatic heterocycles. The molecule has 0 fully saturated rings. The molecule has 1 aromatic rings. The zero-order valence-electron chi connectivity index (χ0n) is 15.3. The fourth-order valence-electron chi connectivity index (χ4n) is 2.25. The first-order chi connectivity index (χ1) is 11.0. The van der Waals surface area contributed by atoms with Crippen LogP contribution in [0.2, 0.25) is 0 Å². The van der Waals surface area contributed by atoms with Gasteiger partial charge in [-0.05, 0) is 51.5 Å². The number of ether oxygens (including phenoxy) is 1. The summed E-state index contributed by atoms with van der Waals surface area (Å²) < 4.78 is 31.9. The van der Waals surface area contributed by atoms with Crippen molar-refractivity contribution < 1.29 is 17.9 Å². The van der Waals surface area contributed by atoms with Gasteiger partial charge in [0.2, 0.25) is 10.0 Å². The SMILES string of the molecule is CCN(CC)S(=O)(=O)c1ccc(OCC(=O)NC(C)(C)C)c(C)c1. The van der Waals surface area contributed by atoms with Crippen molar-refractivity contribution in [1.82, 2.24) is 9.62 Å². The number of carbonyl (C=O) groups is 1. The van der Waals surface area contributed by atoms with Crippen molar-refractivity contribution in [2.75, 3.05) is 19.7 Å². The standard InChI is InChI=1S/C17H28N2O4S/c1-7-19(8-2)24(21,22)14-9-10-15(13(3)11-14)23-12-16(20)18-17(4,5)6/h9-11H,7-8,12H2,1-6H3,(H,18,20). The second-order valence-electron chi connectivity index (χ2n) is 6.60. The van der Waals surface area contributed by atoms with Gasteiger partial charge in [-0.25, -0.2) is 8.42 Å². The van der Waals surface area contributed by atoms with Gasteiger partial charge in [0, 0.05) is 18.6 Å². The van der Waals surface area contributed by atoms with Crippen molar-refractivity contribution in [3.05, 3.63) is 23.8 Å². The Labute approximate surface area is 145 Å². The number of hydrogen-bond donors (Lipinski definition) is 1. The van der Waals surface area contributed by atoms with Crippen LogP contribution >= 0.6 is 0 Å². The minimum absolute atomic E-state index is 0.111. The molecule has 0 radical (unpaired) electrons. The quantitative estimate of drug-likeness (QED) is 0.813. The van der Waals surface area contributed by atoms with E-state index in [-0.39, 0.29) is 22.9 Å². The molecule has 24 heavy (non-hydrogen) atoms. The third-order valence-electron chi connectivity index (χ3n) is 3.36. The maximum Gasteiger partial charge on any atom is 0.258 e. The van der Waals surface area contributed by atoms with Crippen LogP contribution in [0.4, 0.5) is 0 Å². The molecule has 0 aromatic heterocycles. The normalized spacial score (nSPS) is 12.3. The average molecular weight is 356 g/mol. The summed E-state index contributed by atoms with van der Waals surface area (Å²) in [7, 11) is -3.50. The Balaban J connectivity index is 2.87. The van der Waals surface area contributed by atoms with Crippen molar-refractivity contribution in [2.45, 2.75) is 52.0 Å². The molecule has 0 saturated heterocycles. The minimum atomic E-state index is -3.50. The lowest BCUT2D eigenvalue weighted by molar-refractivity contribution is -0.124. The van der Waals surface area contributed by atoms with Crippen LogP contribution in [-0.2, 0) is 14.8 Å². The van der Waals surface area contributed by atoms with Crippen molar-refractivity contribution in [3.8, 4) is 5.75 Å². The lowest BCUT2D eigenvalue weighted by Gasteiger charge is -2.21. The molecule has 1 amide bonds. The van der Waals surface area contributed by atoms with Crippen molar-refractivity contribution >= 4 is 15.9 Å². The molecule has 0 atom stereocenters. The topological polar surface area (TPSA) is 75.7 Å². The predicted octanol–water partition coefficient (Wildman–Crippen LogP) is 2.32. The molecular formula is C17H28N2O4S. The van der Waals surface area contributed by atoms with Crippen LogP contribution in [-0.4, -0.2) is 43.9 Å². The third kappa shape index (κ3) is 5.49. The van der Waals surface area contributed by atoms with Gasteiger partial charge in [0.15, 0.2) is 6.61 Å². The molecule has 136 valence electrons. The van der Waals surface area contributed by atoms with Crippen LogP contribution in [0.3, 0.4) is 0 Å². The number of amides is 1. The van der Waals surface area contributed by atoms with E-state index in [4.69, 9.17) is 4.74 Å². The molecule has 0 bridgehead atoms. The highest BCUT2D eigenvalue weighted by molar-refractivity contribution is 7.89. The van der Waals surface area contributed by atoms with E-state index in [1.165, 1.54) is 10.4 Å². The summed E-state index contributed by atoms with van der Waals surface area (Å²) in [4.78, 5) is 12.0. The highest BCUT2D eigenvalue weighted by Gasteiger charge is 2.22. The number of benzene rings is 1. The van der Waals surface area contributed by atoms with Crippen LogP contribution in [0, 0.1) is 6.92 Å². The molecule has 0 spiro atoms. The summed E-state index contributed by atoms with van der Waals surface area (Å²) in [6.07, 6.45) is 0. The van der Waals surface area contributed by atoms with Gasteiger partial charge in [0.25, 0.3) is 5.91 Å². The predicted molar refractivity (Wildman–Crippen MR) is 94.7 cm³/mol. The Morgan fingerprint density at radius 1 is 1.21 bits per heavy atom. The van der Waals surface area contributed by atoms with Gasteiger partial charge in [-0.15, -0.1) is 0 Å². The summed E-state index contributed by atoms with van der Waals surface area (Å²) in [6.45, 7) is 11.8. The molecule has 0 aliphatic rings. The highest BCUT2D eigenvalue weighted by atomic mass is 32.2. The monoisotopic (exact) mass is 356 g/mol. The Morgan fingerprint density at radius 2 is 1.79 bits per heavy atom. The van der Waals surface area contributed by atoms with E-state index in [0.717, 1.165) is 0 Å². The van der Waals surface area contributed by atoms with E-state index in [2.05, 4.69) is 5.32 Å². The first kappa shape index (κ1) is 20.4. The summed E-state index contributed by atoms with van der Waals surface area (Å²) >= 11 is 0. The number of nitrogens with zero attached hydrogens (tertiary/aromatic N) is 1. The lowest BCUT2D eigenvalue weighted by atomic mass is 10.1. The van der Waals surface area contributed by atoms with Gasteiger partial charge in [-0.1, -0.05) is 13.8 Å². The second-order valence-corrected chi connectivity index (χ2v) is 8.54. The van der Waals surface area contributed by atoms with Crippen LogP contribution in [0.5, 0.6) is 5.75 Å². The fraction of sp³-hybridized carbons (Fsp3) is 0.588. The number of carbonyl (C=O) groups excluding carboxylic acids is 1. The third-order valence-corrected chi connectivity index (χ3v) is 5.41. The van der Waals surface area contributed by atoms with Gasteiger partial charge in [-0.3, -0.25) is 4.79 Å². The zero-order chi connectivity index (χ0) is 18.5. The van der Waals surface area contributed by atoms with E-state index in [1.54, 1.807) is 32.9 Å². The van der Waals surface area contributed by atoms with Crippen LogP contribution in [0.25, 0.3) is 0 Å². The van der Waals surface area contributed by atoms with Crippen molar-refractivity contribution in [1.29, 1.82) is 0 Å². The minimum Gasteiger partial charge on any atom is -0.484 e. The molecular weight excluding hydrogens is 328 g/mol. The average Bonchev–Trinajstić information content (AvgIpc) is 2.45. The molecule has 1 N–H and O–H groups in total. The van der Waals surface area contributed by atoms with Gasteiger partial charge in [0.05, 0.1) is 4.90 Å². The molecule has 1 rings (SSSR count). The zero-order valence-corrected chi connectivity index (χ0v) is 16.2. The fourth-order valence-corrected chi connectivity index (χ4v) is 3.80. The Morgan fingerprint density at radius 3 is 2.25 bits per heavy atom. The number of hydrogen-bond acceptors (Lipinski definition) is 4. The van der Waals surface area contributed by atoms with Gasteiger partial charge in [-0.2, -0.15) is 4.31 Å². The van der Waals surface area contributed by atoms with Gasteiger partial charge >= 0.3 is 0 Å². The molecule has 0 aliphatic carbocycles. The van der Waals surface area contributed by atoms with Gasteiger partial charge < -0.3 is 10.1 Å². The van der Waals surface area contributed by atoms with Crippen LogP contribution in [0.1, 0.15) is 40.2 Å². The maximum atomic E-state index is 12.5. The first-order valence-electron chi connectivity index (χ1n) is 8.06. The summed E-state index contributed by atoms with van der Waals surface area (Å²) in [5, 5.41) is 2.81. The number of sulfonamides is 1. The van der Waals surface area contributed by atoms with Crippen molar-refractivity contribution in [2.24, 2.45) is 0 Å². The van der Waals surface area contributed by atoms with E-state index >= 15 is 0 Å². The molecule has 7 heteroatoms. The number of nitrogens with one attached hydrogen (secondary N) is 1. The smallest absolute Gasteiger partial charge is 0.258 e. The van der Waals surface area contributed by atoms with Crippen LogP contribution < -0.4 is 10.1 Å². The van der Waals surface area contributed by atoms with E-state index < -0.39 is 10.0 Å². The molecule has 0 heterocycles. The summed E-state index contributed by atoms with van der Waals surface area (Å²) in [5.41, 5.74) is 0.351. The Hall–Kier alpha value is -1.60. The van der Waals surface area contributed by atoms with Crippen molar-refractivity contribution in [3.63, 3.8) is 0 Å². The summed E-state index contributed by atoms with van der Waals surface area (Å²) in [5.74, 6) is 0.277. The number of rotatable bonds is 7.